The van der Waals surface area contributed by atoms with Crippen LogP contribution in [0.3, 0.4) is 0 Å². The Bertz CT molecular complexity index is 917. The van der Waals surface area contributed by atoms with Gasteiger partial charge >= 0.3 is 6.03 Å². The van der Waals surface area contributed by atoms with Gasteiger partial charge in [0.1, 0.15) is 4.21 Å². The van der Waals surface area contributed by atoms with Gasteiger partial charge in [0.25, 0.3) is 10.0 Å². The van der Waals surface area contributed by atoms with E-state index in [0.29, 0.717) is 13.1 Å². The first-order valence-corrected chi connectivity index (χ1v) is 13.2. The van der Waals surface area contributed by atoms with E-state index in [2.05, 4.69) is 40.0 Å². The highest BCUT2D eigenvalue weighted by Gasteiger charge is 2.26. The van der Waals surface area contributed by atoms with E-state index in [4.69, 9.17) is 0 Å². The van der Waals surface area contributed by atoms with Gasteiger partial charge in [0.05, 0.1) is 12.6 Å². The number of piperidine rings is 1. The largest absolute Gasteiger partial charge is 0.336 e. The van der Waals surface area contributed by atoms with Crippen LogP contribution in [0, 0.1) is 5.92 Å². The quantitative estimate of drug-likeness (QED) is 0.620. The molecule has 1 saturated heterocycles. The fraction of sp³-hybridized carbons (Fsp3) is 0.550. The number of hydrogen-bond acceptors (Lipinski definition) is 6. The first-order chi connectivity index (χ1) is 14.3. The smallest absolute Gasteiger partial charge is 0.315 e. The topological polar surface area (TPSA) is 81.8 Å². The Morgan fingerprint density at radius 1 is 1.23 bits per heavy atom. The lowest BCUT2D eigenvalue weighted by molar-refractivity contribution is 0.138. The van der Waals surface area contributed by atoms with Gasteiger partial charge in [-0.05, 0) is 55.4 Å². The SMILES string of the molecule is CC1CCN([C@@H](CNC(=O)NCc2ccc(S(=O)(=O)N(C)C)s2)c2cccs2)CC1. The number of likely N-dealkylation sites (tertiary alicyclic amines) is 1. The average molecular weight is 471 g/mol. The number of rotatable bonds is 8. The van der Waals surface area contributed by atoms with Crippen molar-refractivity contribution in [2.75, 3.05) is 33.7 Å². The van der Waals surface area contributed by atoms with E-state index >= 15 is 0 Å². The monoisotopic (exact) mass is 470 g/mol. The van der Waals surface area contributed by atoms with Crippen molar-refractivity contribution in [2.45, 2.75) is 36.6 Å². The number of carbonyl (C=O) groups is 1. The molecular formula is C20H30N4O3S3. The molecule has 0 radical (unpaired) electrons. The molecule has 0 aliphatic carbocycles. The lowest BCUT2D eigenvalue weighted by atomic mass is 9.97. The third-order valence-corrected chi connectivity index (χ3v) is 9.72. The molecule has 10 heteroatoms. The molecule has 0 aromatic carbocycles. The highest BCUT2D eigenvalue weighted by Crippen LogP contribution is 2.29. The summed E-state index contributed by atoms with van der Waals surface area (Å²) in [6.07, 6.45) is 2.37. The Kier molecular flexibility index (Phi) is 7.92. The molecule has 1 aliphatic rings. The Labute approximate surface area is 187 Å². The van der Waals surface area contributed by atoms with E-state index in [0.717, 1.165) is 23.9 Å². The molecule has 7 nitrogen and oxygen atoms in total. The van der Waals surface area contributed by atoms with Gasteiger partial charge in [0.2, 0.25) is 0 Å². The molecule has 1 aliphatic heterocycles. The van der Waals surface area contributed by atoms with Crippen molar-refractivity contribution >= 4 is 38.7 Å². The summed E-state index contributed by atoms with van der Waals surface area (Å²) in [4.78, 5) is 16.9. The zero-order valence-electron chi connectivity index (χ0n) is 17.6. The fourth-order valence-electron chi connectivity index (χ4n) is 3.42. The summed E-state index contributed by atoms with van der Waals surface area (Å²) in [7, 11) is -0.424. The van der Waals surface area contributed by atoms with Crippen LogP contribution in [0.4, 0.5) is 4.79 Å². The van der Waals surface area contributed by atoms with E-state index in [-0.39, 0.29) is 16.3 Å². The summed E-state index contributed by atoms with van der Waals surface area (Å²) in [5.74, 6) is 0.758. The predicted octanol–water partition coefficient (Wildman–Crippen LogP) is 3.33. The maximum atomic E-state index is 12.4. The highest BCUT2D eigenvalue weighted by atomic mass is 32.2. The molecule has 1 atom stereocenters. The van der Waals surface area contributed by atoms with E-state index in [9.17, 15) is 13.2 Å². The van der Waals surface area contributed by atoms with Crippen LogP contribution >= 0.6 is 22.7 Å². The summed E-state index contributed by atoms with van der Waals surface area (Å²) in [6, 6.07) is 7.44. The maximum Gasteiger partial charge on any atom is 0.315 e. The molecule has 0 spiro atoms. The van der Waals surface area contributed by atoms with Crippen LogP contribution in [0.25, 0.3) is 0 Å². The third-order valence-electron chi connectivity index (χ3n) is 5.38. The number of thiophene rings is 2. The number of nitrogens with one attached hydrogen (secondary N) is 2. The van der Waals surface area contributed by atoms with Gasteiger partial charge in [-0.3, -0.25) is 4.90 Å². The number of sulfonamides is 1. The van der Waals surface area contributed by atoms with E-state index in [1.165, 1.54) is 47.5 Å². The van der Waals surface area contributed by atoms with Crippen LogP contribution in [0.2, 0.25) is 0 Å². The van der Waals surface area contributed by atoms with Crippen molar-refractivity contribution in [2.24, 2.45) is 5.92 Å². The summed E-state index contributed by atoms with van der Waals surface area (Å²) in [5.41, 5.74) is 0. The van der Waals surface area contributed by atoms with Crippen LogP contribution < -0.4 is 10.6 Å². The van der Waals surface area contributed by atoms with Crippen molar-refractivity contribution in [1.82, 2.24) is 19.8 Å². The normalized spacial score (nSPS) is 17.2. The lowest BCUT2D eigenvalue weighted by Gasteiger charge is -2.36. The van der Waals surface area contributed by atoms with Crippen molar-refractivity contribution < 1.29 is 13.2 Å². The highest BCUT2D eigenvalue weighted by molar-refractivity contribution is 7.91. The van der Waals surface area contributed by atoms with E-state index < -0.39 is 10.0 Å². The van der Waals surface area contributed by atoms with Gasteiger partial charge in [-0.2, -0.15) is 0 Å². The van der Waals surface area contributed by atoms with Crippen LogP contribution in [0.15, 0.2) is 33.9 Å². The van der Waals surface area contributed by atoms with Gasteiger partial charge in [-0.15, -0.1) is 22.7 Å². The third kappa shape index (κ3) is 5.82. The molecule has 30 heavy (non-hydrogen) atoms. The minimum atomic E-state index is -3.44. The lowest BCUT2D eigenvalue weighted by Crippen LogP contribution is -2.44. The van der Waals surface area contributed by atoms with Crippen LogP contribution in [-0.2, 0) is 16.6 Å². The molecule has 3 heterocycles. The first-order valence-electron chi connectivity index (χ1n) is 10.1. The standard InChI is InChI=1S/C20H30N4O3S3/c1-15-8-10-24(11-9-15)17(18-5-4-12-28-18)14-22-20(25)21-13-16-6-7-19(29-16)30(26,27)23(2)3/h4-7,12,15,17H,8-11,13-14H2,1-3H3,(H2,21,22,25)/t17-/m0/s1. The number of urea groups is 1. The number of amides is 2. The number of hydrogen-bond donors (Lipinski definition) is 2. The minimum Gasteiger partial charge on any atom is -0.336 e. The zero-order valence-corrected chi connectivity index (χ0v) is 20.1. The van der Waals surface area contributed by atoms with E-state index in [1.54, 1.807) is 23.5 Å². The van der Waals surface area contributed by atoms with Gasteiger partial charge in [-0.1, -0.05) is 13.0 Å². The Morgan fingerprint density at radius 3 is 2.60 bits per heavy atom. The molecule has 1 fully saturated rings. The van der Waals surface area contributed by atoms with Gasteiger partial charge < -0.3 is 10.6 Å². The summed E-state index contributed by atoms with van der Waals surface area (Å²) in [6.45, 7) is 5.23. The van der Waals surface area contributed by atoms with Crippen LogP contribution in [-0.4, -0.2) is 57.4 Å². The maximum absolute atomic E-state index is 12.4. The second-order valence-corrected chi connectivity index (χ2v) is 12.3. The molecule has 2 aromatic heterocycles. The molecule has 3 rings (SSSR count). The predicted molar refractivity (Wildman–Crippen MR) is 122 cm³/mol. The molecular weight excluding hydrogens is 440 g/mol. The van der Waals surface area contributed by atoms with Crippen molar-refractivity contribution in [3.8, 4) is 0 Å². The zero-order chi connectivity index (χ0) is 21.7. The molecule has 2 amide bonds. The molecule has 0 unspecified atom stereocenters. The first kappa shape index (κ1) is 23.2. The second-order valence-electron chi connectivity index (χ2n) is 7.82. The van der Waals surface area contributed by atoms with Crippen LogP contribution in [0.1, 0.15) is 35.6 Å². The number of nitrogens with zero attached hydrogens (tertiary/aromatic N) is 2. The van der Waals surface area contributed by atoms with Gasteiger partial charge in [-0.25, -0.2) is 17.5 Å². The summed E-state index contributed by atoms with van der Waals surface area (Å²) < 4.78 is 25.8. The minimum absolute atomic E-state index is 0.182. The molecule has 0 bridgehead atoms. The van der Waals surface area contributed by atoms with E-state index in [1.807, 2.05) is 0 Å². The van der Waals surface area contributed by atoms with Crippen LogP contribution in [0.5, 0.6) is 0 Å². The fourth-order valence-corrected chi connectivity index (χ4v) is 6.75. The molecule has 0 saturated carbocycles. The molecule has 166 valence electrons. The van der Waals surface area contributed by atoms with Crippen molar-refractivity contribution in [1.29, 1.82) is 0 Å². The Morgan fingerprint density at radius 2 is 1.97 bits per heavy atom. The molecule has 2 aromatic rings. The Balaban J connectivity index is 1.53. The molecule has 2 N–H and O–H groups in total. The van der Waals surface area contributed by atoms with Crippen molar-refractivity contribution in [3.05, 3.63) is 39.4 Å². The Hall–Kier alpha value is -1.46. The number of carbonyl (C=O) groups excluding carboxylic acids is 1. The van der Waals surface area contributed by atoms with Crippen molar-refractivity contribution in [3.63, 3.8) is 0 Å². The second kappa shape index (κ2) is 10.2. The summed E-state index contributed by atoms with van der Waals surface area (Å²) >= 11 is 2.90. The summed E-state index contributed by atoms with van der Waals surface area (Å²) in [5, 5.41) is 7.91. The average Bonchev–Trinajstić information content (AvgIpc) is 3.40. The van der Waals surface area contributed by atoms with Gasteiger partial charge in [0, 0.05) is 30.4 Å². The van der Waals surface area contributed by atoms with Gasteiger partial charge in [0.15, 0.2) is 0 Å².